The highest BCUT2D eigenvalue weighted by Gasteiger charge is 2.33. The van der Waals surface area contributed by atoms with Gasteiger partial charge in [0.05, 0.1) is 24.8 Å². The van der Waals surface area contributed by atoms with Gasteiger partial charge in [-0.3, -0.25) is 9.59 Å². The molecule has 0 radical (unpaired) electrons. The minimum absolute atomic E-state index is 0.258. The van der Waals surface area contributed by atoms with Crippen LogP contribution in [0.3, 0.4) is 0 Å². The van der Waals surface area contributed by atoms with Gasteiger partial charge in [0, 0.05) is 6.42 Å². The van der Waals surface area contributed by atoms with Crippen molar-refractivity contribution in [2.45, 2.75) is 26.3 Å². The van der Waals surface area contributed by atoms with Crippen molar-refractivity contribution in [3.8, 4) is 5.75 Å². The van der Waals surface area contributed by atoms with Gasteiger partial charge in [0.15, 0.2) is 6.61 Å². The summed E-state index contributed by atoms with van der Waals surface area (Å²) in [5.74, 6) is -0.289. The number of carbonyl (C=O) groups excluding carboxylic acids is 2. The van der Waals surface area contributed by atoms with Crippen molar-refractivity contribution in [3.63, 3.8) is 0 Å². The molecule has 1 aliphatic heterocycles. The van der Waals surface area contributed by atoms with E-state index in [1.54, 1.807) is 21.0 Å². The Morgan fingerprint density at radius 1 is 1.11 bits per heavy atom. The number of hydrogen-bond donors (Lipinski definition) is 0. The second-order valence-corrected chi connectivity index (χ2v) is 6.91. The number of hydrogen-bond acceptors (Lipinski definition) is 5. The second kappa shape index (κ2) is 8.69. The monoisotopic (exact) mass is 380 g/mol. The normalized spacial score (nSPS) is 16.1. The van der Waals surface area contributed by atoms with Crippen LogP contribution in [-0.4, -0.2) is 36.3 Å². The first-order valence-electron chi connectivity index (χ1n) is 9.25. The van der Waals surface area contributed by atoms with Gasteiger partial charge in [-0.25, -0.2) is 5.01 Å². The van der Waals surface area contributed by atoms with Crippen LogP contribution in [0.1, 0.15) is 37.4 Å². The zero-order valence-electron chi connectivity index (χ0n) is 16.3. The Morgan fingerprint density at radius 2 is 1.79 bits per heavy atom. The van der Waals surface area contributed by atoms with Crippen LogP contribution in [0.15, 0.2) is 59.7 Å². The number of amides is 1. The third kappa shape index (κ3) is 4.39. The predicted octanol–water partition coefficient (Wildman–Crippen LogP) is 3.57. The average molecular weight is 380 g/mol. The van der Waals surface area contributed by atoms with Gasteiger partial charge in [-0.15, -0.1) is 0 Å². The molecule has 0 spiro atoms. The molecule has 2 aromatic carbocycles. The molecule has 0 aliphatic carbocycles. The van der Waals surface area contributed by atoms with Crippen LogP contribution < -0.4 is 4.74 Å². The summed E-state index contributed by atoms with van der Waals surface area (Å²) in [6.45, 7) is 3.14. The van der Waals surface area contributed by atoms with Gasteiger partial charge in [-0.2, -0.15) is 5.10 Å². The van der Waals surface area contributed by atoms with Gasteiger partial charge in [0.1, 0.15) is 5.75 Å². The summed E-state index contributed by atoms with van der Waals surface area (Å²) >= 11 is 0. The molecule has 6 nitrogen and oxygen atoms in total. The lowest BCUT2D eigenvalue weighted by atomic mass is 9.98. The number of benzene rings is 2. The van der Waals surface area contributed by atoms with Gasteiger partial charge in [-0.1, -0.05) is 56.3 Å². The van der Waals surface area contributed by atoms with E-state index >= 15 is 0 Å². The zero-order chi connectivity index (χ0) is 20.1. The van der Waals surface area contributed by atoms with E-state index in [9.17, 15) is 9.59 Å². The van der Waals surface area contributed by atoms with Crippen LogP contribution in [0.4, 0.5) is 0 Å². The van der Waals surface area contributed by atoms with E-state index < -0.39 is 5.97 Å². The summed E-state index contributed by atoms with van der Waals surface area (Å²) in [5.41, 5.74) is 2.74. The molecule has 0 aromatic heterocycles. The number of esters is 1. The minimum Gasteiger partial charge on any atom is -0.497 e. The predicted molar refractivity (Wildman–Crippen MR) is 106 cm³/mol. The maximum Gasteiger partial charge on any atom is 0.308 e. The molecule has 1 atom stereocenters. The fourth-order valence-electron chi connectivity index (χ4n) is 3.00. The first kappa shape index (κ1) is 19.6. The molecule has 1 amide bonds. The molecule has 0 bridgehead atoms. The number of ether oxygens (including phenoxy) is 2. The molecule has 0 saturated carbocycles. The smallest absolute Gasteiger partial charge is 0.308 e. The molecule has 28 heavy (non-hydrogen) atoms. The Kier molecular flexibility index (Phi) is 6.09. The largest absolute Gasteiger partial charge is 0.497 e. The average Bonchev–Trinajstić information content (AvgIpc) is 3.18. The number of nitrogens with zero attached hydrogens (tertiary/aromatic N) is 2. The van der Waals surface area contributed by atoms with Crippen LogP contribution in [0.25, 0.3) is 0 Å². The summed E-state index contributed by atoms with van der Waals surface area (Å²) in [6.07, 6.45) is 0.584. The Balaban J connectivity index is 1.84. The minimum atomic E-state index is -0.402. The molecular formula is C22H24N2O4. The van der Waals surface area contributed by atoms with E-state index in [0.717, 1.165) is 22.6 Å². The van der Waals surface area contributed by atoms with Crippen molar-refractivity contribution in [2.75, 3.05) is 13.7 Å². The van der Waals surface area contributed by atoms with Crippen molar-refractivity contribution in [1.29, 1.82) is 0 Å². The molecule has 1 heterocycles. The van der Waals surface area contributed by atoms with Crippen molar-refractivity contribution in [1.82, 2.24) is 5.01 Å². The summed E-state index contributed by atoms with van der Waals surface area (Å²) in [5, 5.41) is 5.99. The van der Waals surface area contributed by atoms with E-state index in [4.69, 9.17) is 9.47 Å². The lowest BCUT2D eigenvalue weighted by Gasteiger charge is -2.22. The van der Waals surface area contributed by atoms with E-state index in [-0.39, 0.29) is 24.5 Å². The summed E-state index contributed by atoms with van der Waals surface area (Å²) < 4.78 is 10.3. The van der Waals surface area contributed by atoms with Crippen molar-refractivity contribution in [3.05, 3.63) is 65.7 Å². The van der Waals surface area contributed by atoms with E-state index in [2.05, 4.69) is 5.10 Å². The maximum atomic E-state index is 12.8. The van der Waals surface area contributed by atoms with Crippen LogP contribution in [0, 0.1) is 5.92 Å². The Labute approximate surface area is 164 Å². The fourth-order valence-corrected chi connectivity index (χ4v) is 3.00. The molecule has 6 heteroatoms. The highest BCUT2D eigenvalue weighted by Crippen LogP contribution is 2.33. The highest BCUT2D eigenvalue weighted by atomic mass is 16.5. The number of carbonyl (C=O) groups is 2. The summed E-state index contributed by atoms with van der Waals surface area (Å²) in [4.78, 5) is 24.5. The second-order valence-electron chi connectivity index (χ2n) is 6.91. The number of rotatable bonds is 6. The fraction of sp³-hybridized carbons (Fsp3) is 0.318. The maximum absolute atomic E-state index is 12.8. The van der Waals surface area contributed by atoms with Gasteiger partial charge < -0.3 is 9.47 Å². The molecule has 0 unspecified atom stereocenters. The van der Waals surface area contributed by atoms with Crippen molar-refractivity contribution >= 4 is 17.6 Å². The van der Waals surface area contributed by atoms with Crippen molar-refractivity contribution < 1.29 is 19.1 Å². The lowest BCUT2D eigenvalue weighted by molar-refractivity contribution is -0.155. The summed E-state index contributed by atoms with van der Waals surface area (Å²) in [6, 6.07) is 17.1. The molecule has 146 valence electrons. The Bertz CT molecular complexity index is 860. The van der Waals surface area contributed by atoms with Crippen LogP contribution in [0.5, 0.6) is 5.75 Å². The van der Waals surface area contributed by atoms with E-state index in [1.807, 2.05) is 54.6 Å². The topological polar surface area (TPSA) is 68.2 Å². The van der Waals surface area contributed by atoms with Gasteiger partial charge in [-0.05, 0) is 23.3 Å². The molecule has 2 aromatic rings. The summed E-state index contributed by atoms with van der Waals surface area (Å²) in [7, 11) is 1.61. The van der Waals surface area contributed by atoms with Crippen molar-refractivity contribution in [2.24, 2.45) is 11.0 Å². The first-order valence-corrected chi connectivity index (χ1v) is 9.25. The number of hydrazone groups is 1. The molecule has 0 saturated heterocycles. The molecule has 3 rings (SSSR count). The lowest BCUT2D eigenvalue weighted by Crippen LogP contribution is -2.32. The van der Waals surface area contributed by atoms with Crippen LogP contribution in [-0.2, 0) is 14.3 Å². The first-order chi connectivity index (χ1) is 13.5. The SMILES string of the molecule is COc1ccc([C@@H]2CC(c3ccccc3)=NN2C(=O)COC(=O)C(C)C)cc1. The van der Waals surface area contributed by atoms with Gasteiger partial charge in [0.25, 0.3) is 5.91 Å². The molecule has 0 N–H and O–H groups in total. The standard InChI is InChI=1S/C22H24N2O4/c1-15(2)22(26)28-14-21(25)24-20(17-9-11-18(27-3)12-10-17)13-19(23-24)16-7-5-4-6-8-16/h4-12,15,20H,13-14H2,1-3H3/t20-/m0/s1. The highest BCUT2D eigenvalue weighted by molar-refractivity contribution is 6.03. The van der Waals surface area contributed by atoms with E-state index in [0.29, 0.717) is 6.42 Å². The van der Waals surface area contributed by atoms with Crippen LogP contribution >= 0.6 is 0 Å². The molecule has 1 aliphatic rings. The molecular weight excluding hydrogens is 356 g/mol. The van der Waals surface area contributed by atoms with Gasteiger partial charge >= 0.3 is 5.97 Å². The Hall–Kier alpha value is -3.15. The third-order valence-electron chi connectivity index (χ3n) is 4.58. The third-order valence-corrected chi connectivity index (χ3v) is 4.58. The molecule has 0 fully saturated rings. The van der Waals surface area contributed by atoms with E-state index in [1.165, 1.54) is 5.01 Å². The van der Waals surface area contributed by atoms with Gasteiger partial charge in [0.2, 0.25) is 0 Å². The Morgan fingerprint density at radius 3 is 2.39 bits per heavy atom. The number of methoxy groups -OCH3 is 1. The quantitative estimate of drug-likeness (QED) is 0.719. The van der Waals surface area contributed by atoms with Crippen LogP contribution in [0.2, 0.25) is 0 Å². The zero-order valence-corrected chi connectivity index (χ0v) is 16.3.